The van der Waals surface area contributed by atoms with Crippen molar-refractivity contribution in [3.8, 4) is 0 Å². The van der Waals surface area contributed by atoms with Crippen molar-refractivity contribution in [3.63, 3.8) is 0 Å². The third kappa shape index (κ3) is 3.58. The average molecular weight is 247 g/mol. The molecule has 0 aliphatic carbocycles. The molecule has 0 amide bonds. The van der Waals surface area contributed by atoms with Gasteiger partial charge < -0.3 is 9.67 Å². The predicted molar refractivity (Wildman–Crippen MR) is 59.3 cm³/mol. The van der Waals surface area contributed by atoms with Crippen molar-refractivity contribution < 1.29 is 13.5 Å². The minimum atomic E-state index is -3.53. The molecule has 92 valence electrons. The van der Waals surface area contributed by atoms with E-state index in [2.05, 4.69) is 9.71 Å². The maximum absolute atomic E-state index is 11.8. The van der Waals surface area contributed by atoms with Gasteiger partial charge >= 0.3 is 0 Å². The Balaban J connectivity index is 2.65. The number of aromatic nitrogens is 2. The summed E-state index contributed by atoms with van der Waals surface area (Å²) in [5, 5.41) is 8.66. The van der Waals surface area contributed by atoms with Crippen LogP contribution in [0, 0.1) is 0 Å². The van der Waals surface area contributed by atoms with Crippen LogP contribution in [0.2, 0.25) is 0 Å². The summed E-state index contributed by atoms with van der Waals surface area (Å²) >= 11 is 0. The van der Waals surface area contributed by atoms with E-state index in [1.165, 1.54) is 12.5 Å². The normalized spacial score (nSPS) is 13.9. The Morgan fingerprint density at radius 1 is 1.62 bits per heavy atom. The van der Waals surface area contributed by atoms with Gasteiger partial charge in [-0.15, -0.1) is 0 Å². The van der Waals surface area contributed by atoms with Crippen LogP contribution in [0.3, 0.4) is 0 Å². The van der Waals surface area contributed by atoms with E-state index in [-0.39, 0.29) is 17.7 Å². The van der Waals surface area contributed by atoms with Crippen LogP contribution in [-0.2, 0) is 17.1 Å². The lowest BCUT2D eigenvalue weighted by molar-refractivity contribution is 0.279. The molecule has 1 rings (SSSR count). The first-order valence-corrected chi connectivity index (χ1v) is 6.55. The molecule has 0 fully saturated rings. The second kappa shape index (κ2) is 5.42. The molecule has 0 saturated carbocycles. The molecule has 1 aromatic heterocycles. The number of aryl methyl sites for hydroxylation is 1. The van der Waals surface area contributed by atoms with Gasteiger partial charge in [-0.2, -0.15) is 0 Å². The van der Waals surface area contributed by atoms with E-state index < -0.39 is 10.0 Å². The summed E-state index contributed by atoms with van der Waals surface area (Å²) in [4.78, 5) is 3.78. The predicted octanol–water partition coefficient (Wildman–Crippen LogP) is -0.141. The summed E-state index contributed by atoms with van der Waals surface area (Å²) in [7, 11) is -1.82. The van der Waals surface area contributed by atoms with Crippen LogP contribution in [0.4, 0.5) is 0 Å². The van der Waals surface area contributed by atoms with Gasteiger partial charge in [0.2, 0.25) is 0 Å². The SMILES string of the molecule is CC(CCCO)NS(=O)(=O)c1cn(C)cn1. The molecule has 0 bridgehead atoms. The van der Waals surface area contributed by atoms with Gasteiger partial charge in [0, 0.05) is 25.9 Å². The number of nitrogens with one attached hydrogen (secondary N) is 1. The fourth-order valence-corrected chi connectivity index (χ4v) is 2.57. The molecule has 2 N–H and O–H groups in total. The van der Waals surface area contributed by atoms with Gasteiger partial charge in [0.25, 0.3) is 10.0 Å². The smallest absolute Gasteiger partial charge is 0.259 e. The van der Waals surface area contributed by atoms with Gasteiger partial charge in [-0.25, -0.2) is 18.1 Å². The van der Waals surface area contributed by atoms with Gasteiger partial charge in [0.15, 0.2) is 5.03 Å². The van der Waals surface area contributed by atoms with Crippen LogP contribution in [0.1, 0.15) is 19.8 Å². The number of hydrogen-bond acceptors (Lipinski definition) is 4. The summed E-state index contributed by atoms with van der Waals surface area (Å²) in [6.07, 6.45) is 4.06. The molecular formula is C9H17N3O3S. The van der Waals surface area contributed by atoms with Gasteiger partial charge in [-0.3, -0.25) is 0 Å². The van der Waals surface area contributed by atoms with Crippen molar-refractivity contribution in [1.82, 2.24) is 14.3 Å². The maximum Gasteiger partial charge on any atom is 0.259 e. The van der Waals surface area contributed by atoms with E-state index in [1.807, 2.05) is 0 Å². The number of sulfonamides is 1. The molecule has 0 radical (unpaired) electrons. The fourth-order valence-electron chi connectivity index (χ4n) is 1.31. The number of rotatable bonds is 6. The van der Waals surface area contributed by atoms with Crippen LogP contribution in [0.5, 0.6) is 0 Å². The van der Waals surface area contributed by atoms with Gasteiger partial charge in [0.1, 0.15) is 0 Å². The Morgan fingerprint density at radius 3 is 2.81 bits per heavy atom. The highest BCUT2D eigenvalue weighted by Crippen LogP contribution is 2.06. The maximum atomic E-state index is 11.8. The van der Waals surface area contributed by atoms with Crippen LogP contribution >= 0.6 is 0 Å². The fraction of sp³-hybridized carbons (Fsp3) is 0.667. The Kier molecular flexibility index (Phi) is 4.45. The van der Waals surface area contributed by atoms with Crippen molar-refractivity contribution in [1.29, 1.82) is 0 Å². The van der Waals surface area contributed by atoms with E-state index in [0.717, 1.165) is 0 Å². The highest BCUT2D eigenvalue weighted by molar-refractivity contribution is 7.89. The minimum absolute atomic E-state index is 0.0193. The van der Waals surface area contributed by atoms with Crippen molar-refractivity contribution in [3.05, 3.63) is 12.5 Å². The molecule has 0 spiro atoms. The third-order valence-corrected chi connectivity index (χ3v) is 3.58. The first-order valence-electron chi connectivity index (χ1n) is 5.07. The second-order valence-corrected chi connectivity index (χ2v) is 5.43. The number of aliphatic hydroxyl groups excluding tert-OH is 1. The standard InChI is InChI=1S/C9H17N3O3S/c1-8(4-3-5-13)11-16(14,15)9-6-12(2)7-10-9/h6-8,11,13H,3-5H2,1-2H3. The zero-order valence-electron chi connectivity index (χ0n) is 9.42. The quantitative estimate of drug-likeness (QED) is 0.732. The Morgan fingerprint density at radius 2 is 2.31 bits per heavy atom. The zero-order valence-corrected chi connectivity index (χ0v) is 10.2. The van der Waals surface area contributed by atoms with Crippen LogP contribution in [0.15, 0.2) is 17.6 Å². The van der Waals surface area contributed by atoms with E-state index >= 15 is 0 Å². The minimum Gasteiger partial charge on any atom is -0.396 e. The molecule has 1 heterocycles. The lowest BCUT2D eigenvalue weighted by Crippen LogP contribution is -2.32. The lowest BCUT2D eigenvalue weighted by Gasteiger charge is -2.11. The topological polar surface area (TPSA) is 84.2 Å². The van der Waals surface area contributed by atoms with Crippen LogP contribution < -0.4 is 4.72 Å². The van der Waals surface area contributed by atoms with Gasteiger partial charge in [0.05, 0.1) is 6.33 Å². The highest BCUT2D eigenvalue weighted by Gasteiger charge is 2.19. The molecule has 6 nitrogen and oxygen atoms in total. The third-order valence-electron chi connectivity index (χ3n) is 2.11. The number of hydrogen-bond donors (Lipinski definition) is 2. The summed E-state index contributed by atoms with van der Waals surface area (Å²) in [6, 6.07) is -0.209. The molecular weight excluding hydrogens is 230 g/mol. The summed E-state index contributed by atoms with van der Waals surface area (Å²) in [5.41, 5.74) is 0. The molecule has 0 aromatic carbocycles. The van der Waals surface area contributed by atoms with Crippen LogP contribution in [-0.4, -0.2) is 35.7 Å². The van der Waals surface area contributed by atoms with Crippen LogP contribution in [0.25, 0.3) is 0 Å². The van der Waals surface area contributed by atoms with Gasteiger partial charge in [-0.05, 0) is 19.8 Å². The first kappa shape index (κ1) is 13.1. The van der Waals surface area contributed by atoms with E-state index in [1.54, 1.807) is 18.5 Å². The molecule has 7 heteroatoms. The molecule has 0 aliphatic rings. The molecule has 1 unspecified atom stereocenters. The van der Waals surface area contributed by atoms with E-state index in [0.29, 0.717) is 12.8 Å². The Bertz CT molecular complexity index is 427. The van der Waals surface area contributed by atoms with Crippen molar-refractivity contribution in [2.24, 2.45) is 7.05 Å². The molecule has 16 heavy (non-hydrogen) atoms. The van der Waals surface area contributed by atoms with Gasteiger partial charge in [-0.1, -0.05) is 0 Å². The summed E-state index contributed by atoms with van der Waals surface area (Å²) in [5.74, 6) is 0. The Hall–Kier alpha value is -0.920. The molecule has 0 saturated heterocycles. The summed E-state index contributed by atoms with van der Waals surface area (Å²) < 4.78 is 27.6. The summed E-state index contributed by atoms with van der Waals surface area (Å²) in [6.45, 7) is 1.83. The average Bonchev–Trinajstić information content (AvgIpc) is 2.62. The largest absolute Gasteiger partial charge is 0.396 e. The lowest BCUT2D eigenvalue weighted by atomic mass is 10.2. The highest BCUT2D eigenvalue weighted by atomic mass is 32.2. The zero-order chi connectivity index (χ0) is 12.2. The Labute approximate surface area is 95.4 Å². The molecule has 0 aliphatic heterocycles. The van der Waals surface area contributed by atoms with Crippen molar-refractivity contribution in [2.75, 3.05) is 6.61 Å². The number of imidazole rings is 1. The number of aliphatic hydroxyl groups is 1. The van der Waals surface area contributed by atoms with Crippen molar-refractivity contribution in [2.45, 2.75) is 30.8 Å². The second-order valence-electron chi connectivity index (χ2n) is 3.77. The monoisotopic (exact) mass is 247 g/mol. The van der Waals surface area contributed by atoms with E-state index in [4.69, 9.17) is 5.11 Å². The molecule has 1 aromatic rings. The van der Waals surface area contributed by atoms with Crippen molar-refractivity contribution >= 4 is 10.0 Å². The number of nitrogens with zero attached hydrogens (tertiary/aromatic N) is 2. The molecule has 1 atom stereocenters. The first-order chi connectivity index (χ1) is 7.45. The van der Waals surface area contributed by atoms with E-state index in [9.17, 15) is 8.42 Å².